The van der Waals surface area contributed by atoms with E-state index in [9.17, 15) is 0 Å². The second kappa shape index (κ2) is 18.4. The Kier molecular flexibility index (Phi) is 12.9. The normalized spacial score (nSPS) is 17.9. The average molecular weight is 1070 g/mol. The van der Waals surface area contributed by atoms with E-state index < -0.39 is 0 Å². The molecule has 2 aliphatic carbocycles. The zero-order valence-electron chi connectivity index (χ0n) is 54.3. The van der Waals surface area contributed by atoms with Crippen molar-refractivity contribution < 1.29 is 0 Å². The third kappa shape index (κ3) is 9.65. The van der Waals surface area contributed by atoms with Gasteiger partial charge in [0.1, 0.15) is 0 Å². The summed E-state index contributed by atoms with van der Waals surface area (Å²) in [6, 6.07) is 50.3. The van der Waals surface area contributed by atoms with Crippen molar-refractivity contribution in [3.63, 3.8) is 0 Å². The van der Waals surface area contributed by atoms with Crippen LogP contribution in [-0.4, -0.2) is 6.71 Å². The third-order valence-corrected chi connectivity index (χ3v) is 20.2. The largest absolute Gasteiger partial charge is 0.311 e. The van der Waals surface area contributed by atoms with Crippen LogP contribution in [0.3, 0.4) is 0 Å². The van der Waals surface area contributed by atoms with Gasteiger partial charge in [0, 0.05) is 39.6 Å². The number of nitrogens with zero attached hydrogens (tertiary/aromatic N) is 2. The zero-order chi connectivity index (χ0) is 58.9. The summed E-state index contributed by atoms with van der Waals surface area (Å²) in [6.07, 6.45) is 4.69. The van der Waals surface area contributed by atoms with Gasteiger partial charge in [-0.2, -0.15) is 0 Å². The Bertz CT molecular complexity index is 3570. The molecule has 0 fully saturated rings. The van der Waals surface area contributed by atoms with Gasteiger partial charge in [-0.15, -0.1) is 0 Å². The second-order valence-electron chi connectivity index (χ2n) is 33.4. The van der Waals surface area contributed by atoms with E-state index in [0.717, 1.165) is 12.8 Å². The molecule has 0 radical (unpaired) electrons. The summed E-state index contributed by atoms with van der Waals surface area (Å²) in [4.78, 5) is 5.44. The molecular formula is C78H97BN2. The van der Waals surface area contributed by atoms with E-state index in [1.807, 2.05) is 0 Å². The second-order valence-corrected chi connectivity index (χ2v) is 33.4. The van der Waals surface area contributed by atoms with Gasteiger partial charge in [0.2, 0.25) is 0 Å². The highest BCUT2D eigenvalue weighted by Gasteiger charge is 2.47. The van der Waals surface area contributed by atoms with E-state index in [0.29, 0.717) is 0 Å². The standard InChI is InChI=1S/C78H97BN2/c1-70(2,3)50-26-30-55(31-27-50)80-64-34-28-51(71(4,5)6)44-62(64)79-63-45-52(72(7,8)9)29-35-65(63)81(67-47-54(74(13,14)15)46-66(80)68(67)79)69-56(48-24-32-58-60(40-48)77(20,21)38-36-75(58,16)17)42-53(73(10,11)12)43-57(69)49-25-33-59-61(41-49)78(22,23)39-37-76(59,18)19/h24-35,40-47H,36-39H2,1-23H3. The smallest absolute Gasteiger partial charge is 0.252 e. The van der Waals surface area contributed by atoms with E-state index in [4.69, 9.17) is 0 Å². The molecule has 11 rings (SSSR count). The fourth-order valence-corrected chi connectivity index (χ4v) is 14.3. The van der Waals surface area contributed by atoms with Crippen molar-refractivity contribution in [1.29, 1.82) is 0 Å². The number of hydrogen-bond donors (Lipinski definition) is 0. The lowest BCUT2D eigenvalue weighted by molar-refractivity contribution is 0.332. The minimum atomic E-state index is -0.170. The summed E-state index contributed by atoms with van der Waals surface area (Å²) in [5, 5.41) is 0. The molecule has 0 bridgehead atoms. The van der Waals surface area contributed by atoms with Gasteiger partial charge in [-0.3, -0.25) is 0 Å². The molecule has 422 valence electrons. The molecule has 2 nitrogen and oxygen atoms in total. The molecule has 0 unspecified atom stereocenters. The lowest BCUT2D eigenvalue weighted by Gasteiger charge is -2.46. The van der Waals surface area contributed by atoms with E-state index >= 15 is 0 Å². The summed E-state index contributed by atoms with van der Waals surface area (Å²) in [6.45, 7) is 55.5. The molecule has 0 atom stereocenters. The summed E-state index contributed by atoms with van der Waals surface area (Å²) in [5.74, 6) is 0. The van der Waals surface area contributed by atoms with Crippen molar-refractivity contribution >= 4 is 57.2 Å². The predicted molar refractivity (Wildman–Crippen MR) is 355 cm³/mol. The van der Waals surface area contributed by atoms with Crippen LogP contribution in [0.25, 0.3) is 22.3 Å². The Labute approximate surface area is 491 Å². The van der Waals surface area contributed by atoms with Crippen molar-refractivity contribution in [3.8, 4) is 22.3 Å². The number of anilines is 6. The maximum absolute atomic E-state index is 2.80. The molecule has 7 aromatic carbocycles. The molecule has 0 saturated carbocycles. The number of benzene rings is 7. The van der Waals surface area contributed by atoms with E-state index in [-0.39, 0.29) is 55.4 Å². The van der Waals surface area contributed by atoms with Crippen molar-refractivity contribution in [1.82, 2.24) is 0 Å². The molecule has 81 heavy (non-hydrogen) atoms. The lowest BCUT2D eigenvalue weighted by atomic mass is 9.33. The summed E-state index contributed by atoms with van der Waals surface area (Å²) >= 11 is 0. The first-order valence-corrected chi connectivity index (χ1v) is 31.0. The summed E-state index contributed by atoms with van der Waals surface area (Å²) < 4.78 is 0. The Morgan fingerprint density at radius 1 is 0.321 bits per heavy atom. The van der Waals surface area contributed by atoms with Crippen molar-refractivity contribution in [2.45, 2.75) is 234 Å². The fourth-order valence-electron chi connectivity index (χ4n) is 14.3. The van der Waals surface area contributed by atoms with Gasteiger partial charge in [0.05, 0.1) is 5.69 Å². The number of rotatable bonds is 4. The summed E-state index contributed by atoms with van der Waals surface area (Å²) in [7, 11) is 0. The van der Waals surface area contributed by atoms with Crippen LogP contribution in [0, 0.1) is 0 Å². The van der Waals surface area contributed by atoms with E-state index in [1.54, 1.807) is 0 Å². The van der Waals surface area contributed by atoms with Gasteiger partial charge >= 0.3 is 0 Å². The van der Waals surface area contributed by atoms with Crippen LogP contribution in [0.15, 0.2) is 121 Å². The highest BCUT2D eigenvalue weighted by Crippen LogP contribution is 2.56. The topological polar surface area (TPSA) is 6.48 Å². The maximum atomic E-state index is 2.80. The highest BCUT2D eigenvalue weighted by molar-refractivity contribution is 7.00. The van der Waals surface area contributed by atoms with Crippen LogP contribution in [0.4, 0.5) is 34.1 Å². The fraction of sp³-hybridized carbons (Fsp3) is 0.462. The minimum Gasteiger partial charge on any atom is -0.311 e. The molecule has 2 aliphatic heterocycles. The van der Waals surface area contributed by atoms with Crippen LogP contribution in [0.2, 0.25) is 0 Å². The van der Waals surface area contributed by atoms with Crippen molar-refractivity contribution in [2.24, 2.45) is 0 Å². The van der Waals surface area contributed by atoms with E-state index in [1.165, 1.54) is 136 Å². The van der Waals surface area contributed by atoms with Crippen LogP contribution < -0.4 is 26.2 Å². The third-order valence-electron chi connectivity index (χ3n) is 20.2. The molecule has 0 saturated heterocycles. The monoisotopic (exact) mass is 1070 g/mol. The SMILES string of the molecule is CC(C)(C)c1ccc(N2c3ccc(C(C)(C)C)cc3B3c4cc(C(C)(C)C)ccc4N(c4c(-c5ccc6c(c5)C(C)(C)CCC6(C)C)cc(C(C)(C)C)cc4-c4ccc5c(c4)C(C)(C)CCC5(C)C)c4cc(C(C)(C)C)cc2c43)cc1. The zero-order valence-corrected chi connectivity index (χ0v) is 54.3. The molecule has 0 spiro atoms. The Morgan fingerprint density at radius 2 is 0.667 bits per heavy atom. The average Bonchev–Trinajstić information content (AvgIpc) is 3.52. The lowest BCUT2D eigenvalue weighted by Crippen LogP contribution is -2.62. The molecule has 7 aromatic rings. The molecule has 0 N–H and O–H groups in total. The number of hydrogen-bond acceptors (Lipinski definition) is 2. The summed E-state index contributed by atoms with van der Waals surface area (Å²) in [5.41, 5.74) is 29.3. The molecule has 4 aliphatic rings. The van der Waals surface area contributed by atoms with Crippen LogP contribution in [0.1, 0.15) is 235 Å². The van der Waals surface area contributed by atoms with Gasteiger partial charge in [-0.25, -0.2) is 0 Å². The number of fused-ring (bicyclic) bond motifs is 6. The first-order chi connectivity index (χ1) is 37.3. The Morgan fingerprint density at radius 3 is 1.06 bits per heavy atom. The van der Waals surface area contributed by atoms with Crippen LogP contribution in [0.5, 0.6) is 0 Å². The molecule has 0 aromatic heterocycles. The van der Waals surface area contributed by atoms with Gasteiger partial charge in [0.15, 0.2) is 0 Å². The molecule has 0 amide bonds. The van der Waals surface area contributed by atoms with Crippen molar-refractivity contribution in [3.05, 3.63) is 171 Å². The van der Waals surface area contributed by atoms with Crippen LogP contribution in [-0.2, 0) is 48.7 Å². The first-order valence-electron chi connectivity index (χ1n) is 31.0. The highest BCUT2D eigenvalue weighted by atomic mass is 15.2. The van der Waals surface area contributed by atoms with Gasteiger partial charge in [-0.1, -0.05) is 232 Å². The molecule has 2 heterocycles. The Balaban J connectivity index is 1.34. The minimum absolute atomic E-state index is 0.0251. The van der Waals surface area contributed by atoms with Gasteiger partial charge < -0.3 is 9.80 Å². The Hall–Kier alpha value is -5.80. The predicted octanol–water partition coefficient (Wildman–Crippen LogP) is 20.3. The molecule has 3 heteroatoms. The maximum Gasteiger partial charge on any atom is 0.252 e. The first kappa shape index (κ1) is 57.0. The molecular weight excluding hydrogens is 976 g/mol. The quantitative estimate of drug-likeness (QED) is 0.162. The van der Waals surface area contributed by atoms with E-state index in [2.05, 4.69) is 290 Å². The van der Waals surface area contributed by atoms with Crippen molar-refractivity contribution in [2.75, 3.05) is 9.80 Å². The van der Waals surface area contributed by atoms with Gasteiger partial charge in [-0.05, 0) is 201 Å². The van der Waals surface area contributed by atoms with Gasteiger partial charge in [0.25, 0.3) is 6.71 Å². The van der Waals surface area contributed by atoms with Crippen LogP contribution >= 0.6 is 0 Å².